The summed E-state index contributed by atoms with van der Waals surface area (Å²) in [6.45, 7) is 3.90. The minimum atomic E-state index is -1.17. The molecule has 2 atom stereocenters. The predicted molar refractivity (Wildman–Crippen MR) is 142 cm³/mol. The predicted octanol–water partition coefficient (Wildman–Crippen LogP) is 4.15. The monoisotopic (exact) mass is 499 g/mol. The molecule has 1 heterocycles. The van der Waals surface area contributed by atoms with Crippen molar-refractivity contribution in [3.63, 3.8) is 0 Å². The highest BCUT2D eigenvalue weighted by Crippen LogP contribution is 2.32. The molecule has 0 aliphatic heterocycles. The minimum absolute atomic E-state index is 0.108. The van der Waals surface area contributed by atoms with Gasteiger partial charge in [0.15, 0.2) is 0 Å². The summed E-state index contributed by atoms with van der Waals surface area (Å²) >= 11 is 0. The van der Waals surface area contributed by atoms with Crippen LogP contribution in [0.4, 0.5) is 10.5 Å². The number of hydrogen-bond acceptors (Lipinski definition) is 5. The molecule has 0 spiro atoms. The Labute approximate surface area is 214 Å². The third-order valence-corrected chi connectivity index (χ3v) is 6.15. The summed E-state index contributed by atoms with van der Waals surface area (Å²) in [4.78, 5) is 46.0. The largest absolute Gasteiger partial charge is 0.492 e. The van der Waals surface area contributed by atoms with Gasteiger partial charge in [-0.15, -0.1) is 0 Å². The van der Waals surface area contributed by atoms with E-state index in [0.717, 1.165) is 0 Å². The second-order valence-corrected chi connectivity index (χ2v) is 8.51. The standard InChI is InChI=1S/C28H29N5O4/c1-4-37-23-17-11-9-15-21(23)31-28(36)33(25(26(29)34)19-12-6-5-7-13-19)18(2)24-27(35)32(3)22-16-10-8-14-20(22)30-24/h5-18,25H,4H2,1-3H3,(H2,29,34)(H,31,36)/t18-,25-/m1/s1. The molecule has 0 bridgehead atoms. The quantitative estimate of drug-likeness (QED) is 0.377. The lowest BCUT2D eigenvalue weighted by Crippen LogP contribution is -2.46. The number of rotatable bonds is 8. The lowest BCUT2D eigenvalue weighted by atomic mass is 10.0. The first-order chi connectivity index (χ1) is 17.8. The van der Waals surface area contributed by atoms with Crippen LogP contribution >= 0.6 is 0 Å². The number of urea groups is 1. The van der Waals surface area contributed by atoms with E-state index in [0.29, 0.717) is 34.6 Å². The number of aromatic nitrogens is 2. The molecule has 0 radical (unpaired) electrons. The number of nitrogens with zero attached hydrogens (tertiary/aromatic N) is 3. The number of carbonyl (C=O) groups excluding carboxylic acids is 2. The summed E-state index contributed by atoms with van der Waals surface area (Å²) in [6.07, 6.45) is 0. The molecule has 1 aromatic heterocycles. The third-order valence-electron chi connectivity index (χ3n) is 6.15. The van der Waals surface area contributed by atoms with E-state index >= 15 is 0 Å². The van der Waals surface area contributed by atoms with Gasteiger partial charge in [-0.05, 0) is 43.7 Å². The number of amides is 3. The molecular formula is C28H29N5O4. The fraction of sp³-hybridized carbons (Fsp3) is 0.214. The van der Waals surface area contributed by atoms with Gasteiger partial charge in [0.1, 0.15) is 17.5 Å². The Morgan fingerprint density at radius 3 is 2.38 bits per heavy atom. The topological polar surface area (TPSA) is 120 Å². The number of aryl methyl sites for hydroxylation is 1. The van der Waals surface area contributed by atoms with Gasteiger partial charge in [-0.25, -0.2) is 9.78 Å². The second kappa shape index (κ2) is 10.9. The third kappa shape index (κ3) is 5.16. The van der Waals surface area contributed by atoms with Gasteiger partial charge in [0.25, 0.3) is 5.56 Å². The van der Waals surface area contributed by atoms with Gasteiger partial charge in [0.2, 0.25) is 5.91 Å². The summed E-state index contributed by atoms with van der Waals surface area (Å²) in [5.41, 5.74) is 7.76. The minimum Gasteiger partial charge on any atom is -0.492 e. The van der Waals surface area contributed by atoms with Crippen molar-refractivity contribution >= 4 is 28.7 Å². The van der Waals surface area contributed by atoms with Crippen LogP contribution in [0.2, 0.25) is 0 Å². The van der Waals surface area contributed by atoms with Gasteiger partial charge in [-0.2, -0.15) is 0 Å². The number of benzene rings is 3. The highest BCUT2D eigenvalue weighted by Gasteiger charge is 2.36. The Bertz CT molecular complexity index is 1490. The molecule has 4 rings (SSSR count). The highest BCUT2D eigenvalue weighted by atomic mass is 16.5. The smallest absolute Gasteiger partial charge is 0.323 e. The van der Waals surface area contributed by atoms with Crippen LogP contribution in [0.15, 0.2) is 83.7 Å². The number of ether oxygens (including phenoxy) is 1. The Hall–Kier alpha value is -4.66. The summed E-state index contributed by atoms with van der Waals surface area (Å²) in [6, 6.07) is 20.2. The molecule has 0 aliphatic rings. The summed E-state index contributed by atoms with van der Waals surface area (Å²) < 4.78 is 7.13. The van der Waals surface area contributed by atoms with E-state index in [1.54, 1.807) is 80.7 Å². The molecule has 9 heteroatoms. The molecule has 3 aromatic carbocycles. The van der Waals surface area contributed by atoms with Crippen LogP contribution in [0.1, 0.15) is 37.2 Å². The van der Waals surface area contributed by atoms with Gasteiger partial charge in [-0.1, -0.05) is 54.6 Å². The van der Waals surface area contributed by atoms with Crippen molar-refractivity contribution in [1.29, 1.82) is 0 Å². The van der Waals surface area contributed by atoms with Crippen LogP contribution < -0.4 is 21.3 Å². The second-order valence-electron chi connectivity index (χ2n) is 8.51. The Morgan fingerprint density at radius 1 is 1.03 bits per heavy atom. The van der Waals surface area contributed by atoms with E-state index in [4.69, 9.17) is 10.5 Å². The maximum atomic E-state index is 13.9. The summed E-state index contributed by atoms with van der Waals surface area (Å²) in [5.74, 6) is -0.273. The van der Waals surface area contributed by atoms with Crippen molar-refractivity contribution < 1.29 is 14.3 Å². The van der Waals surface area contributed by atoms with Crippen molar-refractivity contribution in [2.45, 2.75) is 25.9 Å². The fourth-order valence-corrected chi connectivity index (χ4v) is 4.35. The van der Waals surface area contributed by atoms with E-state index < -0.39 is 24.0 Å². The molecule has 190 valence electrons. The maximum absolute atomic E-state index is 13.9. The van der Waals surface area contributed by atoms with Gasteiger partial charge in [-0.3, -0.25) is 14.5 Å². The number of para-hydroxylation sites is 4. The average Bonchev–Trinajstić information content (AvgIpc) is 2.90. The Morgan fingerprint density at radius 2 is 1.68 bits per heavy atom. The zero-order valence-corrected chi connectivity index (χ0v) is 20.9. The molecule has 37 heavy (non-hydrogen) atoms. The fourth-order valence-electron chi connectivity index (χ4n) is 4.35. The lowest BCUT2D eigenvalue weighted by molar-refractivity contribution is -0.123. The van der Waals surface area contributed by atoms with Crippen LogP contribution in [-0.2, 0) is 11.8 Å². The van der Waals surface area contributed by atoms with Crippen LogP contribution in [0.5, 0.6) is 5.75 Å². The average molecular weight is 500 g/mol. The van der Waals surface area contributed by atoms with Crippen LogP contribution in [0, 0.1) is 0 Å². The van der Waals surface area contributed by atoms with Crippen molar-refractivity contribution in [2.75, 3.05) is 11.9 Å². The SMILES string of the molecule is CCOc1ccccc1NC(=O)N([C@H](C)c1nc2ccccc2n(C)c1=O)[C@@H](C(N)=O)c1ccccc1. The zero-order valence-electron chi connectivity index (χ0n) is 20.9. The van der Waals surface area contributed by atoms with E-state index in [1.807, 2.05) is 19.1 Å². The molecule has 0 aliphatic carbocycles. The van der Waals surface area contributed by atoms with Gasteiger partial charge in [0, 0.05) is 7.05 Å². The molecule has 0 saturated heterocycles. The van der Waals surface area contributed by atoms with E-state index in [9.17, 15) is 14.4 Å². The Kier molecular flexibility index (Phi) is 7.52. The number of primary amides is 1. The number of nitrogens with two attached hydrogens (primary N) is 1. The van der Waals surface area contributed by atoms with Gasteiger partial charge >= 0.3 is 6.03 Å². The molecule has 0 fully saturated rings. The first-order valence-electron chi connectivity index (χ1n) is 11.9. The lowest BCUT2D eigenvalue weighted by Gasteiger charge is -2.35. The Balaban J connectivity index is 1.85. The molecule has 9 nitrogen and oxygen atoms in total. The van der Waals surface area contributed by atoms with E-state index in [2.05, 4.69) is 10.3 Å². The molecule has 4 aromatic rings. The number of anilines is 1. The number of hydrogen-bond donors (Lipinski definition) is 2. The molecule has 0 saturated carbocycles. The zero-order chi connectivity index (χ0) is 26.5. The van der Waals surface area contributed by atoms with Crippen LogP contribution in [-0.4, -0.2) is 33.0 Å². The molecule has 0 unspecified atom stereocenters. The number of carbonyl (C=O) groups is 2. The van der Waals surface area contributed by atoms with Gasteiger partial charge < -0.3 is 20.4 Å². The summed E-state index contributed by atoms with van der Waals surface area (Å²) in [5, 5.41) is 2.84. The molecule has 3 N–H and O–H groups in total. The normalized spacial score (nSPS) is 12.5. The van der Waals surface area contributed by atoms with Crippen molar-refractivity contribution in [1.82, 2.24) is 14.5 Å². The van der Waals surface area contributed by atoms with E-state index in [1.165, 1.54) is 9.47 Å². The highest BCUT2D eigenvalue weighted by molar-refractivity contribution is 5.95. The van der Waals surface area contributed by atoms with Crippen LogP contribution in [0.25, 0.3) is 11.0 Å². The first kappa shape index (κ1) is 25.4. The maximum Gasteiger partial charge on any atom is 0.323 e. The van der Waals surface area contributed by atoms with Crippen molar-refractivity contribution in [3.8, 4) is 5.75 Å². The number of fused-ring (bicyclic) bond motifs is 1. The molecular weight excluding hydrogens is 470 g/mol. The van der Waals surface area contributed by atoms with Crippen molar-refractivity contribution in [3.05, 3.63) is 100 Å². The summed E-state index contributed by atoms with van der Waals surface area (Å²) in [7, 11) is 1.65. The molecule has 3 amide bonds. The van der Waals surface area contributed by atoms with Gasteiger partial charge in [0.05, 0.1) is 29.4 Å². The number of nitrogens with one attached hydrogen (secondary N) is 1. The van der Waals surface area contributed by atoms with E-state index in [-0.39, 0.29) is 11.3 Å². The van der Waals surface area contributed by atoms with Crippen LogP contribution in [0.3, 0.4) is 0 Å². The first-order valence-corrected chi connectivity index (χ1v) is 11.9. The van der Waals surface area contributed by atoms with Crippen molar-refractivity contribution in [2.24, 2.45) is 12.8 Å².